The van der Waals surface area contributed by atoms with Gasteiger partial charge in [-0.2, -0.15) is 0 Å². The second-order valence-corrected chi connectivity index (χ2v) is 7.64. The molecule has 2 unspecified atom stereocenters. The molecule has 0 aromatic rings. The molecule has 128 valence electrons. The molecule has 0 aromatic carbocycles. The molecule has 0 radical (unpaired) electrons. The number of carbonyl (C=O) groups is 1. The quantitative estimate of drug-likeness (QED) is 0.849. The minimum atomic E-state index is -0.681. The molecule has 2 N–H and O–H groups in total. The smallest absolute Gasteiger partial charge is 0.242 e. The Labute approximate surface area is 136 Å². The number of hydrogen-bond donors (Lipinski definition) is 1. The fourth-order valence-electron chi connectivity index (χ4n) is 4.07. The number of hydrogen-bond acceptors (Lipinski definition) is 3. The van der Waals surface area contributed by atoms with Crippen molar-refractivity contribution in [2.24, 2.45) is 11.7 Å². The molecular weight excluding hydrogens is 274 g/mol. The number of nitrogens with two attached hydrogens (primary N) is 1. The monoisotopic (exact) mass is 309 g/mol. The van der Waals surface area contributed by atoms with Crippen LogP contribution in [0.1, 0.15) is 65.2 Å². The fraction of sp³-hybridized carbons (Fsp3) is 0.944. The van der Waals surface area contributed by atoms with Crippen LogP contribution in [-0.2, 0) is 4.79 Å². The van der Waals surface area contributed by atoms with Crippen LogP contribution in [0.15, 0.2) is 0 Å². The molecule has 2 aliphatic heterocycles. The first-order chi connectivity index (χ1) is 10.5. The van der Waals surface area contributed by atoms with E-state index in [2.05, 4.69) is 11.8 Å². The summed E-state index contributed by atoms with van der Waals surface area (Å²) in [5, 5.41) is 0. The lowest BCUT2D eigenvalue weighted by atomic mass is 9.92. The van der Waals surface area contributed by atoms with Gasteiger partial charge in [0, 0.05) is 19.6 Å². The second-order valence-electron chi connectivity index (χ2n) is 7.64. The van der Waals surface area contributed by atoms with Crippen molar-refractivity contribution in [2.75, 3.05) is 32.7 Å². The van der Waals surface area contributed by atoms with E-state index in [-0.39, 0.29) is 5.91 Å². The predicted octanol–water partition coefficient (Wildman–Crippen LogP) is 2.62. The van der Waals surface area contributed by atoms with Crippen LogP contribution in [0.3, 0.4) is 0 Å². The minimum Gasteiger partial charge on any atom is -0.341 e. The zero-order valence-electron chi connectivity index (χ0n) is 14.6. The maximum Gasteiger partial charge on any atom is 0.242 e. The van der Waals surface area contributed by atoms with Gasteiger partial charge in [-0.1, -0.05) is 26.2 Å². The first kappa shape index (κ1) is 17.7. The molecule has 22 heavy (non-hydrogen) atoms. The molecule has 2 fully saturated rings. The number of rotatable bonds is 5. The Kier molecular flexibility index (Phi) is 6.69. The van der Waals surface area contributed by atoms with Gasteiger partial charge in [0.1, 0.15) is 0 Å². The third-order valence-electron chi connectivity index (χ3n) is 5.28. The van der Waals surface area contributed by atoms with Crippen molar-refractivity contribution in [3.8, 4) is 0 Å². The van der Waals surface area contributed by atoms with E-state index in [4.69, 9.17) is 5.73 Å². The molecule has 0 spiro atoms. The summed E-state index contributed by atoms with van der Waals surface area (Å²) in [5.41, 5.74) is 5.57. The van der Waals surface area contributed by atoms with Gasteiger partial charge in [-0.3, -0.25) is 4.79 Å². The Hall–Kier alpha value is -0.610. The maximum atomic E-state index is 12.7. The summed E-state index contributed by atoms with van der Waals surface area (Å²) in [6, 6.07) is 0. The molecule has 0 bridgehead atoms. The highest BCUT2D eigenvalue weighted by Gasteiger charge is 2.34. The topological polar surface area (TPSA) is 49.6 Å². The number of carbonyl (C=O) groups excluding carboxylic acids is 1. The van der Waals surface area contributed by atoms with Crippen LogP contribution < -0.4 is 5.73 Å². The van der Waals surface area contributed by atoms with Gasteiger partial charge in [0.25, 0.3) is 0 Å². The fourth-order valence-corrected chi connectivity index (χ4v) is 4.07. The van der Waals surface area contributed by atoms with Crippen molar-refractivity contribution >= 4 is 5.91 Å². The number of piperidine rings is 1. The average Bonchev–Trinajstić information content (AvgIpc) is 2.75. The third kappa shape index (κ3) is 4.95. The van der Waals surface area contributed by atoms with Crippen molar-refractivity contribution in [2.45, 2.75) is 70.8 Å². The van der Waals surface area contributed by atoms with E-state index in [1.54, 1.807) is 0 Å². The van der Waals surface area contributed by atoms with E-state index in [1.165, 1.54) is 51.7 Å². The van der Waals surface area contributed by atoms with Gasteiger partial charge in [-0.25, -0.2) is 0 Å². The molecular formula is C18H35N3O. The van der Waals surface area contributed by atoms with Crippen LogP contribution >= 0.6 is 0 Å². The van der Waals surface area contributed by atoms with Crippen molar-refractivity contribution in [1.82, 2.24) is 9.80 Å². The van der Waals surface area contributed by atoms with Crippen molar-refractivity contribution in [3.63, 3.8) is 0 Å². The zero-order chi connectivity index (χ0) is 16.0. The van der Waals surface area contributed by atoms with Gasteiger partial charge in [0.05, 0.1) is 5.54 Å². The normalized spacial score (nSPS) is 27.2. The Balaban J connectivity index is 1.86. The Bertz CT molecular complexity index is 348. The van der Waals surface area contributed by atoms with Gasteiger partial charge in [-0.15, -0.1) is 0 Å². The molecule has 2 saturated heterocycles. The molecule has 4 nitrogen and oxygen atoms in total. The molecule has 2 atom stereocenters. The van der Waals surface area contributed by atoms with E-state index in [0.717, 1.165) is 32.4 Å². The Morgan fingerprint density at radius 2 is 1.82 bits per heavy atom. The van der Waals surface area contributed by atoms with Crippen LogP contribution in [-0.4, -0.2) is 54.0 Å². The van der Waals surface area contributed by atoms with Crippen LogP contribution in [0.2, 0.25) is 0 Å². The number of amides is 1. The minimum absolute atomic E-state index is 0.162. The first-order valence-electron chi connectivity index (χ1n) is 9.33. The summed E-state index contributed by atoms with van der Waals surface area (Å²) < 4.78 is 0. The van der Waals surface area contributed by atoms with Crippen LogP contribution in [0.4, 0.5) is 0 Å². The molecule has 2 aliphatic rings. The summed E-state index contributed by atoms with van der Waals surface area (Å²) in [6.07, 6.45) is 9.58. The van der Waals surface area contributed by atoms with Gasteiger partial charge in [0.15, 0.2) is 0 Å². The summed E-state index contributed by atoms with van der Waals surface area (Å²) >= 11 is 0. The number of likely N-dealkylation sites (tertiary alicyclic amines) is 2. The van der Waals surface area contributed by atoms with Crippen molar-refractivity contribution in [1.29, 1.82) is 0 Å². The van der Waals surface area contributed by atoms with Crippen molar-refractivity contribution in [3.05, 3.63) is 0 Å². The molecule has 0 saturated carbocycles. The molecule has 0 aliphatic carbocycles. The lowest BCUT2D eigenvalue weighted by molar-refractivity contribution is -0.138. The molecule has 2 heterocycles. The van der Waals surface area contributed by atoms with Crippen LogP contribution in [0.25, 0.3) is 0 Å². The van der Waals surface area contributed by atoms with Gasteiger partial charge in [0.2, 0.25) is 5.91 Å². The zero-order valence-corrected chi connectivity index (χ0v) is 14.6. The van der Waals surface area contributed by atoms with E-state index in [9.17, 15) is 4.79 Å². The van der Waals surface area contributed by atoms with E-state index < -0.39 is 5.54 Å². The second kappa shape index (κ2) is 8.30. The summed E-state index contributed by atoms with van der Waals surface area (Å²) in [7, 11) is 0. The highest BCUT2D eigenvalue weighted by molar-refractivity contribution is 5.85. The molecule has 1 amide bonds. The standard InChI is InChI=1S/C18H35N3O/c1-3-10-18(2,19)17(22)21-13-8-9-16(15-21)14-20-11-6-4-5-7-12-20/h16H,3-15,19H2,1-2H3. The third-order valence-corrected chi connectivity index (χ3v) is 5.28. The first-order valence-corrected chi connectivity index (χ1v) is 9.33. The summed E-state index contributed by atoms with van der Waals surface area (Å²) in [4.78, 5) is 17.4. The molecule has 0 aromatic heterocycles. The van der Waals surface area contributed by atoms with Gasteiger partial charge >= 0.3 is 0 Å². The van der Waals surface area contributed by atoms with E-state index >= 15 is 0 Å². The Morgan fingerprint density at radius 1 is 1.14 bits per heavy atom. The lowest BCUT2D eigenvalue weighted by Gasteiger charge is -2.39. The van der Waals surface area contributed by atoms with E-state index in [0.29, 0.717) is 5.92 Å². The van der Waals surface area contributed by atoms with E-state index in [1.807, 2.05) is 11.8 Å². The van der Waals surface area contributed by atoms with Crippen LogP contribution in [0.5, 0.6) is 0 Å². The Morgan fingerprint density at radius 3 is 2.45 bits per heavy atom. The number of nitrogens with zero attached hydrogens (tertiary/aromatic N) is 2. The van der Waals surface area contributed by atoms with Crippen LogP contribution in [0, 0.1) is 5.92 Å². The van der Waals surface area contributed by atoms with Gasteiger partial charge < -0.3 is 15.5 Å². The molecule has 4 heteroatoms. The lowest BCUT2D eigenvalue weighted by Crippen LogP contribution is -2.56. The average molecular weight is 309 g/mol. The van der Waals surface area contributed by atoms with Gasteiger partial charge in [-0.05, 0) is 58.0 Å². The highest BCUT2D eigenvalue weighted by Crippen LogP contribution is 2.22. The largest absolute Gasteiger partial charge is 0.341 e. The highest BCUT2D eigenvalue weighted by atomic mass is 16.2. The summed E-state index contributed by atoms with van der Waals surface area (Å²) in [5.74, 6) is 0.795. The summed E-state index contributed by atoms with van der Waals surface area (Å²) in [6.45, 7) is 9.45. The maximum absolute atomic E-state index is 12.7. The molecule has 2 rings (SSSR count). The predicted molar refractivity (Wildman–Crippen MR) is 91.7 cm³/mol. The SMILES string of the molecule is CCCC(C)(N)C(=O)N1CCCC(CN2CCCCCC2)C1. The van der Waals surface area contributed by atoms with Crippen molar-refractivity contribution < 1.29 is 4.79 Å².